The molecule has 1 atom stereocenters. The highest BCUT2D eigenvalue weighted by Gasteiger charge is 2.36. The Kier molecular flexibility index (Phi) is 7.20. The summed E-state index contributed by atoms with van der Waals surface area (Å²) in [5, 5.41) is 5.65. The first-order valence-electron chi connectivity index (χ1n) is 9.61. The molecule has 1 aliphatic heterocycles. The second-order valence-electron chi connectivity index (χ2n) is 7.15. The molecule has 1 unspecified atom stereocenters. The van der Waals surface area contributed by atoms with Gasteiger partial charge >= 0.3 is 12.0 Å². The van der Waals surface area contributed by atoms with E-state index in [0.717, 1.165) is 12.8 Å². The molecule has 3 amide bonds. The molecule has 0 saturated heterocycles. The van der Waals surface area contributed by atoms with Crippen LogP contribution in [-0.4, -0.2) is 35.5 Å². The zero-order chi connectivity index (χ0) is 20.8. The lowest BCUT2D eigenvalue weighted by atomic mass is 9.94. The van der Waals surface area contributed by atoms with E-state index in [-0.39, 0.29) is 18.0 Å². The molecule has 1 aromatic rings. The Bertz CT molecular complexity index is 786. The first-order valence-corrected chi connectivity index (χ1v) is 9.61. The van der Waals surface area contributed by atoms with Crippen molar-refractivity contribution in [2.75, 3.05) is 11.9 Å². The largest absolute Gasteiger partial charge is 0.459 e. The number of nitrogens with zero attached hydrogens (tertiary/aromatic N) is 1. The normalized spacial score (nSPS) is 16.9. The molecular weight excluding hydrogens is 358 g/mol. The molecule has 0 spiro atoms. The lowest BCUT2D eigenvalue weighted by molar-refractivity contribution is -0.143. The molecule has 0 saturated carbocycles. The first-order chi connectivity index (χ1) is 13.2. The fourth-order valence-corrected chi connectivity index (χ4v) is 3.16. The van der Waals surface area contributed by atoms with Crippen LogP contribution in [0, 0.1) is 0 Å². The second-order valence-corrected chi connectivity index (χ2v) is 7.15. The topological polar surface area (TPSA) is 87.7 Å². The molecule has 1 aromatic carbocycles. The van der Waals surface area contributed by atoms with E-state index in [1.807, 2.05) is 13.0 Å². The third-order valence-corrected chi connectivity index (χ3v) is 4.43. The Morgan fingerprint density at radius 2 is 2.04 bits per heavy atom. The quantitative estimate of drug-likeness (QED) is 0.698. The molecule has 2 N–H and O–H groups in total. The van der Waals surface area contributed by atoms with Crippen LogP contribution in [-0.2, 0) is 14.3 Å². The first kappa shape index (κ1) is 21.5. The van der Waals surface area contributed by atoms with Gasteiger partial charge in [0.15, 0.2) is 0 Å². The number of hydrogen-bond acceptors (Lipinski definition) is 4. The highest BCUT2D eigenvalue weighted by molar-refractivity contribution is 5.95. The lowest BCUT2D eigenvalue weighted by Gasteiger charge is -2.35. The summed E-state index contributed by atoms with van der Waals surface area (Å²) >= 11 is 0. The van der Waals surface area contributed by atoms with Gasteiger partial charge in [0.1, 0.15) is 0 Å². The van der Waals surface area contributed by atoms with E-state index in [1.54, 1.807) is 43.9 Å². The number of esters is 1. The molecule has 0 bridgehead atoms. The van der Waals surface area contributed by atoms with Crippen molar-refractivity contribution >= 4 is 23.6 Å². The minimum Gasteiger partial charge on any atom is -0.459 e. The highest BCUT2D eigenvalue weighted by Crippen LogP contribution is 2.32. The maximum Gasteiger partial charge on any atom is 0.338 e. The van der Waals surface area contributed by atoms with Gasteiger partial charge in [0.05, 0.1) is 17.7 Å². The maximum absolute atomic E-state index is 12.9. The molecule has 7 nitrogen and oxygen atoms in total. The van der Waals surface area contributed by atoms with E-state index in [1.165, 1.54) is 6.92 Å². The summed E-state index contributed by atoms with van der Waals surface area (Å²) in [5.74, 6) is -0.648. The van der Waals surface area contributed by atoms with Gasteiger partial charge < -0.3 is 15.4 Å². The molecule has 152 valence electrons. The van der Waals surface area contributed by atoms with Gasteiger partial charge in [0.25, 0.3) is 0 Å². The van der Waals surface area contributed by atoms with E-state index >= 15 is 0 Å². The van der Waals surface area contributed by atoms with E-state index in [9.17, 15) is 14.4 Å². The number of amides is 3. The van der Waals surface area contributed by atoms with Gasteiger partial charge in [-0.15, -0.1) is 0 Å². The number of nitrogens with one attached hydrogen (secondary N) is 2. The fraction of sp³-hybridized carbons (Fsp3) is 0.476. The van der Waals surface area contributed by atoms with Gasteiger partial charge in [0, 0.05) is 24.9 Å². The fourth-order valence-electron chi connectivity index (χ4n) is 3.16. The Morgan fingerprint density at radius 1 is 1.32 bits per heavy atom. The van der Waals surface area contributed by atoms with Crippen molar-refractivity contribution in [2.24, 2.45) is 0 Å². The molecule has 0 aliphatic carbocycles. The van der Waals surface area contributed by atoms with E-state index < -0.39 is 12.0 Å². The summed E-state index contributed by atoms with van der Waals surface area (Å²) in [7, 11) is 0. The number of urea groups is 1. The lowest BCUT2D eigenvalue weighted by Crippen LogP contribution is -2.48. The number of carbonyl (C=O) groups excluding carboxylic acids is 3. The van der Waals surface area contributed by atoms with Gasteiger partial charge in [-0.25, -0.2) is 9.59 Å². The number of carbonyl (C=O) groups is 3. The van der Waals surface area contributed by atoms with Gasteiger partial charge in [-0.05, 0) is 44.9 Å². The second kappa shape index (κ2) is 9.39. The average Bonchev–Trinajstić information content (AvgIpc) is 2.60. The van der Waals surface area contributed by atoms with Crippen LogP contribution in [0.25, 0.3) is 0 Å². The number of allylic oxidation sites excluding steroid dienone is 1. The van der Waals surface area contributed by atoms with Crippen molar-refractivity contribution < 1.29 is 19.1 Å². The summed E-state index contributed by atoms with van der Waals surface area (Å²) in [6.45, 7) is 9.36. The standard InChI is InChI=1S/C21H29N3O4/c1-6-7-11-24-14(4)18(20(26)28-13(2)3)19(23-21(24)27)16-9-8-10-17(12-16)22-15(5)25/h8-10,12-13,19H,6-7,11H2,1-5H3,(H,22,25)(H,23,27). The van der Waals surface area contributed by atoms with Gasteiger partial charge in [-0.1, -0.05) is 25.5 Å². The van der Waals surface area contributed by atoms with Crippen molar-refractivity contribution in [1.82, 2.24) is 10.2 Å². The summed E-state index contributed by atoms with van der Waals surface area (Å²) in [6, 6.07) is 6.20. The van der Waals surface area contributed by atoms with E-state index in [0.29, 0.717) is 29.1 Å². The van der Waals surface area contributed by atoms with E-state index in [2.05, 4.69) is 10.6 Å². The monoisotopic (exact) mass is 387 g/mol. The van der Waals surface area contributed by atoms with Crippen molar-refractivity contribution in [3.05, 3.63) is 41.1 Å². The summed E-state index contributed by atoms with van der Waals surface area (Å²) < 4.78 is 5.45. The van der Waals surface area contributed by atoms with Crippen LogP contribution >= 0.6 is 0 Å². The van der Waals surface area contributed by atoms with Crippen LogP contribution in [0.3, 0.4) is 0 Å². The minimum atomic E-state index is -0.648. The molecule has 2 rings (SSSR count). The molecule has 1 heterocycles. The van der Waals surface area contributed by atoms with Gasteiger partial charge in [-0.2, -0.15) is 0 Å². The number of unbranched alkanes of at least 4 members (excludes halogenated alkanes) is 1. The SMILES string of the molecule is CCCCN1C(=O)NC(c2cccc(NC(C)=O)c2)C(C(=O)OC(C)C)=C1C. The smallest absolute Gasteiger partial charge is 0.338 e. The maximum atomic E-state index is 12.9. The van der Waals surface area contributed by atoms with Crippen LogP contribution in [0.5, 0.6) is 0 Å². The van der Waals surface area contributed by atoms with Crippen molar-refractivity contribution in [3.8, 4) is 0 Å². The van der Waals surface area contributed by atoms with Crippen LogP contribution in [0.4, 0.5) is 10.5 Å². The molecule has 0 radical (unpaired) electrons. The Morgan fingerprint density at radius 3 is 2.64 bits per heavy atom. The predicted molar refractivity (Wildman–Crippen MR) is 108 cm³/mol. The zero-order valence-electron chi connectivity index (χ0n) is 17.2. The molecule has 1 aliphatic rings. The Labute approximate surface area is 166 Å². The third kappa shape index (κ3) is 5.12. The zero-order valence-corrected chi connectivity index (χ0v) is 17.2. The number of benzene rings is 1. The van der Waals surface area contributed by atoms with Gasteiger partial charge in [-0.3, -0.25) is 9.69 Å². The molecular formula is C21H29N3O4. The van der Waals surface area contributed by atoms with Crippen molar-refractivity contribution in [3.63, 3.8) is 0 Å². The van der Waals surface area contributed by atoms with Gasteiger partial charge in [0.2, 0.25) is 5.91 Å². The molecule has 0 aromatic heterocycles. The van der Waals surface area contributed by atoms with Crippen LogP contribution in [0.2, 0.25) is 0 Å². The van der Waals surface area contributed by atoms with Crippen molar-refractivity contribution in [1.29, 1.82) is 0 Å². The number of hydrogen-bond donors (Lipinski definition) is 2. The number of rotatable bonds is 7. The minimum absolute atomic E-state index is 0.193. The van der Waals surface area contributed by atoms with Crippen molar-refractivity contribution in [2.45, 2.75) is 59.6 Å². The number of anilines is 1. The predicted octanol–water partition coefficient (Wildman–Crippen LogP) is 3.74. The molecule has 0 fully saturated rings. The number of ether oxygens (including phenoxy) is 1. The molecule has 7 heteroatoms. The molecule has 28 heavy (non-hydrogen) atoms. The van der Waals surface area contributed by atoms with E-state index in [4.69, 9.17) is 4.74 Å². The van der Waals surface area contributed by atoms with Crippen LogP contribution in [0.15, 0.2) is 35.5 Å². The third-order valence-electron chi connectivity index (χ3n) is 4.43. The van der Waals surface area contributed by atoms with Crippen LogP contribution < -0.4 is 10.6 Å². The van der Waals surface area contributed by atoms with Crippen LogP contribution in [0.1, 0.15) is 59.1 Å². The summed E-state index contributed by atoms with van der Waals surface area (Å²) in [4.78, 5) is 38.5. The average molecular weight is 387 g/mol. The summed E-state index contributed by atoms with van der Waals surface area (Å²) in [6.07, 6.45) is 1.49. The Balaban J connectivity index is 2.48. The Hall–Kier alpha value is -2.83. The highest BCUT2D eigenvalue weighted by atomic mass is 16.5. The summed E-state index contributed by atoms with van der Waals surface area (Å²) in [5.41, 5.74) is 2.30.